The maximum Gasteiger partial charge on any atom is 0.404 e. The van der Waals surface area contributed by atoms with Crippen LogP contribution in [0, 0.1) is 5.82 Å². The third kappa shape index (κ3) is 4.76. The zero-order valence-electron chi connectivity index (χ0n) is 13.8. The predicted octanol–water partition coefficient (Wildman–Crippen LogP) is 2.69. The Hall–Kier alpha value is -2.18. The van der Waals surface area contributed by atoms with Gasteiger partial charge >= 0.3 is 6.18 Å². The molecule has 2 aromatic heterocycles. The number of amides is 1. The number of pyridine rings is 1. The molecule has 2 aromatic rings. The Balaban J connectivity index is 2.34. The highest BCUT2D eigenvalue weighted by molar-refractivity contribution is 7.89. The average Bonchev–Trinajstić information content (AvgIpc) is 2.81. The molecule has 2 N–H and O–H groups in total. The first kappa shape index (κ1) is 21.1. The van der Waals surface area contributed by atoms with Crippen LogP contribution in [0.5, 0.6) is 0 Å². The highest BCUT2D eigenvalue weighted by atomic mass is 35.5. The van der Waals surface area contributed by atoms with Gasteiger partial charge in [0.1, 0.15) is 21.8 Å². The summed E-state index contributed by atoms with van der Waals surface area (Å²) in [5.74, 6) is -2.51. The highest BCUT2D eigenvalue weighted by Gasteiger charge is 2.40. The van der Waals surface area contributed by atoms with E-state index in [1.807, 2.05) is 0 Å². The quantitative estimate of drug-likeness (QED) is 0.565. The summed E-state index contributed by atoms with van der Waals surface area (Å²) in [6.07, 6.45) is -2.88. The van der Waals surface area contributed by atoms with Gasteiger partial charge in [-0.1, -0.05) is 11.6 Å². The van der Waals surface area contributed by atoms with Crippen LogP contribution in [-0.2, 0) is 17.1 Å². The van der Waals surface area contributed by atoms with Gasteiger partial charge in [-0.05, 0) is 19.1 Å². The van der Waals surface area contributed by atoms with Crippen molar-refractivity contribution in [2.24, 2.45) is 7.05 Å². The maximum atomic E-state index is 14.5. The summed E-state index contributed by atoms with van der Waals surface area (Å²) in [6, 6.07) is 0.178. The number of anilines is 1. The number of aryl methyl sites for hydroxylation is 1. The second kappa shape index (κ2) is 7.44. The summed E-state index contributed by atoms with van der Waals surface area (Å²) >= 11 is 5.66. The van der Waals surface area contributed by atoms with Gasteiger partial charge < -0.3 is 9.88 Å². The van der Waals surface area contributed by atoms with Crippen LogP contribution in [0.1, 0.15) is 17.4 Å². The topological polar surface area (TPSA) is 93.1 Å². The van der Waals surface area contributed by atoms with Gasteiger partial charge in [-0.25, -0.2) is 17.8 Å². The van der Waals surface area contributed by atoms with Crippen LogP contribution in [0.25, 0.3) is 0 Å². The SMILES string of the molecule is CC(NS(=O)(=O)c1cn(C)c(C(=O)Nc2ccnc(Cl)c2)c1F)C(F)(F)F. The second-order valence-corrected chi connectivity index (χ2v) is 7.54. The number of nitrogens with one attached hydrogen (secondary N) is 2. The number of alkyl halides is 3. The number of hydrogen-bond acceptors (Lipinski definition) is 4. The summed E-state index contributed by atoms with van der Waals surface area (Å²) in [6.45, 7) is 0.569. The predicted molar refractivity (Wildman–Crippen MR) is 88.4 cm³/mol. The van der Waals surface area contributed by atoms with E-state index in [9.17, 15) is 30.8 Å². The Bertz CT molecular complexity index is 975. The first-order valence-corrected chi connectivity index (χ1v) is 9.06. The molecule has 13 heteroatoms. The fourth-order valence-corrected chi connectivity index (χ4v) is 3.58. The Kier molecular flexibility index (Phi) is 5.82. The Morgan fingerprint density at radius 1 is 1.37 bits per heavy atom. The third-order valence-corrected chi connectivity index (χ3v) is 5.13. The molecule has 0 aliphatic rings. The summed E-state index contributed by atoms with van der Waals surface area (Å²) in [5, 5.41) is 2.34. The van der Waals surface area contributed by atoms with Gasteiger partial charge in [0.15, 0.2) is 5.82 Å². The fourth-order valence-electron chi connectivity index (χ4n) is 2.05. The normalized spacial score (nSPS) is 13.4. The number of carbonyl (C=O) groups excluding carboxylic acids is 1. The minimum atomic E-state index is -4.87. The Morgan fingerprint density at radius 2 is 2.00 bits per heavy atom. The molecule has 0 radical (unpaired) electrons. The number of nitrogens with zero attached hydrogens (tertiary/aromatic N) is 2. The van der Waals surface area contributed by atoms with Gasteiger partial charge in [-0.2, -0.15) is 17.9 Å². The lowest BCUT2D eigenvalue weighted by Gasteiger charge is -2.16. The van der Waals surface area contributed by atoms with Crippen LogP contribution in [0.2, 0.25) is 5.15 Å². The molecule has 0 saturated carbocycles. The number of carbonyl (C=O) groups is 1. The molecule has 0 saturated heterocycles. The van der Waals surface area contributed by atoms with Crippen LogP contribution >= 0.6 is 11.6 Å². The van der Waals surface area contributed by atoms with Crippen molar-refractivity contribution in [1.29, 1.82) is 0 Å². The van der Waals surface area contributed by atoms with Crippen molar-refractivity contribution in [2.45, 2.75) is 24.0 Å². The molecule has 0 bridgehead atoms. The van der Waals surface area contributed by atoms with E-state index < -0.39 is 44.6 Å². The molecule has 7 nitrogen and oxygen atoms in total. The van der Waals surface area contributed by atoms with E-state index in [0.717, 1.165) is 4.57 Å². The van der Waals surface area contributed by atoms with E-state index in [4.69, 9.17) is 11.6 Å². The highest BCUT2D eigenvalue weighted by Crippen LogP contribution is 2.25. The van der Waals surface area contributed by atoms with Crippen molar-refractivity contribution in [2.75, 3.05) is 5.32 Å². The van der Waals surface area contributed by atoms with Crippen LogP contribution in [0.3, 0.4) is 0 Å². The smallest absolute Gasteiger partial charge is 0.343 e. The Morgan fingerprint density at radius 3 is 2.56 bits per heavy atom. The van der Waals surface area contributed by atoms with Crippen LogP contribution in [0.15, 0.2) is 29.4 Å². The molecule has 0 spiro atoms. The summed E-state index contributed by atoms with van der Waals surface area (Å²) in [5.41, 5.74) is -0.531. The van der Waals surface area contributed by atoms with Crippen molar-refractivity contribution in [3.05, 3.63) is 41.2 Å². The third-order valence-electron chi connectivity index (χ3n) is 3.40. The van der Waals surface area contributed by atoms with Crippen LogP contribution in [-0.4, -0.2) is 36.1 Å². The minimum Gasteiger partial charge on any atom is -0.343 e. The van der Waals surface area contributed by atoms with E-state index in [1.165, 1.54) is 30.1 Å². The van der Waals surface area contributed by atoms with Gasteiger partial charge in [0.2, 0.25) is 10.0 Å². The lowest BCUT2D eigenvalue weighted by molar-refractivity contribution is -0.147. The molecule has 1 unspecified atom stereocenters. The van der Waals surface area contributed by atoms with Gasteiger partial charge in [0.05, 0.1) is 0 Å². The van der Waals surface area contributed by atoms with Crippen LogP contribution in [0.4, 0.5) is 23.2 Å². The zero-order valence-corrected chi connectivity index (χ0v) is 15.4. The molecule has 0 aromatic carbocycles. The van der Waals surface area contributed by atoms with E-state index in [1.54, 1.807) is 0 Å². The molecule has 2 heterocycles. The zero-order chi connectivity index (χ0) is 20.6. The number of sulfonamides is 1. The lowest BCUT2D eigenvalue weighted by Crippen LogP contribution is -2.43. The van der Waals surface area contributed by atoms with Crippen LogP contribution < -0.4 is 10.0 Å². The number of halogens is 5. The van der Waals surface area contributed by atoms with Gasteiger partial charge in [-0.3, -0.25) is 4.79 Å². The van der Waals surface area contributed by atoms with Crippen molar-refractivity contribution in [1.82, 2.24) is 14.3 Å². The molecule has 2 rings (SSSR count). The summed E-state index contributed by atoms with van der Waals surface area (Å²) < 4.78 is 78.6. The molecule has 0 fully saturated rings. The largest absolute Gasteiger partial charge is 0.404 e. The second-order valence-electron chi connectivity index (χ2n) is 5.47. The van der Waals surface area contributed by atoms with Gasteiger partial charge in [0, 0.05) is 25.1 Å². The molecular formula is C14H13ClF4N4O3S. The summed E-state index contributed by atoms with van der Waals surface area (Å²) in [7, 11) is -3.69. The number of hydrogen-bond donors (Lipinski definition) is 2. The van der Waals surface area contributed by atoms with E-state index >= 15 is 0 Å². The number of rotatable bonds is 5. The van der Waals surface area contributed by atoms with E-state index in [-0.39, 0.29) is 10.8 Å². The van der Waals surface area contributed by atoms with Crippen molar-refractivity contribution < 1.29 is 30.8 Å². The van der Waals surface area contributed by atoms with Gasteiger partial charge in [-0.15, -0.1) is 0 Å². The Labute approximate surface area is 156 Å². The van der Waals surface area contributed by atoms with E-state index in [0.29, 0.717) is 13.1 Å². The molecule has 148 valence electrons. The van der Waals surface area contributed by atoms with E-state index in [2.05, 4.69) is 10.3 Å². The van der Waals surface area contributed by atoms with Crippen molar-refractivity contribution in [3.63, 3.8) is 0 Å². The molecular weight excluding hydrogens is 416 g/mol. The first-order valence-electron chi connectivity index (χ1n) is 7.19. The minimum absolute atomic E-state index is 0.0498. The fraction of sp³-hybridized carbons (Fsp3) is 0.286. The molecule has 0 aliphatic heterocycles. The standard InChI is InChI=1S/C14H13ClF4N4O3S/c1-7(14(17,18)19)22-27(25,26)9-6-23(2)12(11(9)16)13(24)21-8-3-4-20-10(15)5-8/h3-7,22H,1-2H3,(H,20,21,24). The first-order chi connectivity index (χ1) is 12.3. The molecule has 0 aliphatic carbocycles. The maximum absolute atomic E-state index is 14.5. The summed E-state index contributed by atoms with van der Waals surface area (Å²) in [4.78, 5) is 14.9. The average molecular weight is 429 g/mol. The van der Waals surface area contributed by atoms with Gasteiger partial charge in [0.25, 0.3) is 5.91 Å². The molecule has 1 amide bonds. The van der Waals surface area contributed by atoms with Crippen molar-refractivity contribution in [3.8, 4) is 0 Å². The number of aromatic nitrogens is 2. The van der Waals surface area contributed by atoms with Crippen molar-refractivity contribution >= 4 is 33.2 Å². The molecule has 1 atom stereocenters. The molecule has 27 heavy (non-hydrogen) atoms. The lowest BCUT2D eigenvalue weighted by atomic mass is 10.3. The monoisotopic (exact) mass is 428 g/mol.